The molecule has 0 spiro atoms. The first kappa shape index (κ1) is 15.4. The predicted molar refractivity (Wildman–Crippen MR) is 84.5 cm³/mol. The molecule has 0 radical (unpaired) electrons. The molecule has 6 nitrogen and oxygen atoms in total. The van der Waals surface area contributed by atoms with Crippen LogP contribution < -0.4 is 5.32 Å². The van der Waals surface area contributed by atoms with Crippen LogP contribution in [0.1, 0.15) is 30.0 Å². The van der Waals surface area contributed by atoms with Gasteiger partial charge in [-0.1, -0.05) is 6.07 Å². The van der Waals surface area contributed by atoms with Crippen molar-refractivity contribution in [2.24, 2.45) is 7.05 Å². The molecule has 0 aliphatic carbocycles. The highest BCUT2D eigenvalue weighted by Gasteiger charge is 2.12. The minimum absolute atomic E-state index is 0.0353. The third-order valence-corrected chi connectivity index (χ3v) is 3.68. The molecule has 1 N–H and O–H groups in total. The zero-order valence-corrected chi connectivity index (χ0v) is 13.4. The van der Waals surface area contributed by atoms with Gasteiger partial charge in [0.1, 0.15) is 12.1 Å². The fourth-order valence-corrected chi connectivity index (χ4v) is 2.33. The lowest BCUT2D eigenvalue weighted by molar-refractivity contribution is 0.540. The summed E-state index contributed by atoms with van der Waals surface area (Å²) >= 11 is 0. The van der Waals surface area contributed by atoms with Gasteiger partial charge in [0.15, 0.2) is 5.82 Å². The van der Waals surface area contributed by atoms with Gasteiger partial charge < -0.3 is 5.32 Å². The quantitative estimate of drug-likeness (QED) is 0.785. The third kappa shape index (κ3) is 3.45. The Labute approximate surface area is 134 Å². The normalized spacial score (nSPS) is 12.5. The first-order chi connectivity index (χ1) is 11.0. The molecule has 0 bridgehead atoms. The summed E-state index contributed by atoms with van der Waals surface area (Å²) in [5, 5.41) is 12.1. The third-order valence-electron chi connectivity index (χ3n) is 3.68. The molecule has 0 saturated carbocycles. The summed E-state index contributed by atoms with van der Waals surface area (Å²) in [5.74, 6) is 0.479. The lowest BCUT2D eigenvalue weighted by Crippen LogP contribution is -2.19. The number of halogens is 1. The number of aryl methyl sites for hydroxylation is 2. The van der Waals surface area contributed by atoms with E-state index in [4.69, 9.17) is 0 Å². The van der Waals surface area contributed by atoms with Gasteiger partial charge in [-0.25, -0.2) is 14.1 Å². The summed E-state index contributed by atoms with van der Waals surface area (Å²) in [6.45, 7) is 4.60. The zero-order chi connectivity index (χ0) is 16.4. The van der Waals surface area contributed by atoms with Gasteiger partial charge in [0.05, 0.1) is 17.4 Å². The highest BCUT2D eigenvalue weighted by atomic mass is 19.1. The van der Waals surface area contributed by atoms with E-state index in [9.17, 15) is 4.39 Å². The Balaban J connectivity index is 1.71. The van der Waals surface area contributed by atoms with Crippen molar-refractivity contribution in [2.45, 2.75) is 26.4 Å². The van der Waals surface area contributed by atoms with Crippen molar-refractivity contribution in [1.82, 2.24) is 29.9 Å². The van der Waals surface area contributed by atoms with E-state index in [-0.39, 0.29) is 11.9 Å². The monoisotopic (exact) mass is 314 g/mol. The molecule has 0 fully saturated rings. The average molecular weight is 314 g/mol. The van der Waals surface area contributed by atoms with Crippen molar-refractivity contribution in [3.05, 3.63) is 59.7 Å². The number of benzene rings is 1. The van der Waals surface area contributed by atoms with E-state index < -0.39 is 0 Å². The fourth-order valence-electron chi connectivity index (χ4n) is 2.33. The molecule has 1 aromatic carbocycles. The van der Waals surface area contributed by atoms with E-state index in [1.54, 1.807) is 21.8 Å². The molecule has 23 heavy (non-hydrogen) atoms. The van der Waals surface area contributed by atoms with Crippen LogP contribution in [-0.2, 0) is 13.6 Å². The Bertz CT molecular complexity index is 807. The van der Waals surface area contributed by atoms with E-state index in [0.29, 0.717) is 12.2 Å². The van der Waals surface area contributed by atoms with E-state index in [1.807, 2.05) is 33.2 Å². The molecule has 2 aromatic heterocycles. The summed E-state index contributed by atoms with van der Waals surface area (Å²) in [4.78, 5) is 4.24. The molecule has 2 heterocycles. The standard InChI is InChI=1S/C16H19FN6/c1-11-13(8-18-12(2)16-19-10-22(3)21-16)9-23(20-11)15-6-4-5-14(17)7-15/h4-7,9-10,12,18H,8H2,1-3H3/t12-/m0/s1. The second-order valence-corrected chi connectivity index (χ2v) is 5.54. The molecule has 0 amide bonds. The topological polar surface area (TPSA) is 60.6 Å². The lowest BCUT2D eigenvalue weighted by Gasteiger charge is -2.09. The molecule has 0 unspecified atom stereocenters. The smallest absolute Gasteiger partial charge is 0.167 e. The number of nitrogens with zero attached hydrogens (tertiary/aromatic N) is 5. The lowest BCUT2D eigenvalue weighted by atomic mass is 10.2. The van der Waals surface area contributed by atoms with E-state index in [2.05, 4.69) is 20.5 Å². The van der Waals surface area contributed by atoms with Gasteiger partial charge in [-0.15, -0.1) is 0 Å². The number of hydrogen-bond donors (Lipinski definition) is 1. The Morgan fingerprint density at radius 2 is 2.13 bits per heavy atom. The molecular weight excluding hydrogens is 295 g/mol. The Morgan fingerprint density at radius 1 is 1.30 bits per heavy atom. The van der Waals surface area contributed by atoms with E-state index in [0.717, 1.165) is 17.1 Å². The minimum Gasteiger partial charge on any atom is -0.303 e. The molecular formula is C16H19FN6. The predicted octanol–water partition coefficient (Wildman–Crippen LogP) is 2.30. The number of hydrogen-bond acceptors (Lipinski definition) is 4. The highest BCUT2D eigenvalue weighted by Crippen LogP contribution is 2.14. The van der Waals surface area contributed by atoms with Gasteiger partial charge in [0.2, 0.25) is 0 Å². The van der Waals surface area contributed by atoms with Crippen LogP contribution in [-0.4, -0.2) is 24.5 Å². The van der Waals surface area contributed by atoms with Crippen LogP contribution in [0.15, 0.2) is 36.8 Å². The Hall–Kier alpha value is -2.54. The molecule has 0 saturated heterocycles. The van der Waals surface area contributed by atoms with Gasteiger partial charge in [0.25, 0.3) is 0 Å². The van der Waals surface area contributed by atoms with Crippen LogP contribution in [0.2, 0.25) is 0 Å². The summed E-state index contributed by atoms with van der Waals surface area (Å²) in [6, 6.07) is 6.42. The second kappa shape index (κ2) is 6.29. The van der Waals surface area contributed by atoms with Gasteiger partial charge in [-0.3, -0.25) is 4.68 Å². The summed E-state index contributed by atoms with van der Waals surface area (Å²) < 4.78 is 16.7. The van der Waals surface area contributed by atoms with Crippen molar-refractivity contribution in [3.8, 4) is 5.69 Å². The van der Waals surface area contributed by atoms with Crippen molar-refractivity contribution in [2.75, 3.05) is 0 Å². The zero-order valence-electron chi connectivity index (χ0n) is 13.4. The van der Waals surface area contributed by atoms with Crippen LogP contribution in [0.25, 0.3) is 5.69 Å². The van der Waals surface area contributed by atoms with Gasteiger partial charge in [-0.2, -0.15) is 10.2 Å². The van der Waals surface area contributed by atoms with Crippen LogP contribution >= 0.6 is 0 Å². The maximum absolute atomic E-state index is 13.3. The Kier molecular flexibility index (Phi) is 4.20. The summed E-state index contributed by atoms with van der Waals surface area (Å²) in [6.07, 6.45) is 3.59. The fraction of sp³-hybridized carbons (Fsp3) is 0.312. The Morgan fingerprint density at radius 3 is 2.83 bits per heavy atom. The SMILES string of the molecule is Cc1nn(-c2cccc(F)c2)cc1CN[C@@H](C)c1ncn(C)n1. The first-order valence-electron chi connectivity index (χ1n) is 7.43. The summed E-state index contributed by atoms with van der Waals surface area (Å²) in [7, 11) is 1.84. The molecule has 3 aromatic rings. The van der Waals surface area contributed by atoms with Gasteiger partial charge in [-0.05, 0) is 32.0 Å². The molecule has 7 heteroatoms. The molecule has 3 rings (SSSR count). The maximum atomic E-state index is 13.3. The average Bonchev–Trinajstić information content (AvgIpc) is 3.11. The first-order valence-corrected chi connectivity index (χ1v) is 7.43. The minimum atomic E-state index is -0.273. The number of nitrogens with one attached hydrogen (secondary N) is 1. The van der Waals surface area contributed by atoms with Crippen molar-refractivity contribution >= 4 is 0 Å². The van der Waals surface area contributed by atoms with Crippen LogP contribution in [0, 0.1) is 12.7 Å². The number of rotatable bonds is 5. The van der Waals surface area contributed by atoms with Gasteiger partial charge >= 0.3 is 0 Å². The highest BCUT2D eigenvalue weighted by molar-refractivity contribution is 5.33. The molecule has 120 valence electrons. The van der Waals surface area contributed by atoms with E-state index in [1.165, 1.54) is 12.1 Å². The molecule has 0 aliphatic rings. The van der Waals surface area contributed by atoms with Crippen LogP contribution in [0.5, 0.6) is 0 Å². The van der Waals surface area contributed by atoms with Crippen molar-refractivity contribution in [1.29, 1.82) is 0 Å². The van der Waals surface area contributed by atoms with E-state index >= 15 is 0 Å². The largest absolute Gasteiger partial charge is 0.303 e. The maximum Gasteiger partial charge on any atom is 0.167 e. The van der Waals surface area contributed by atoms with Gasteiger partial charge in [0, 0.05) is 25.4 Å². The second-order valence-electron chi connectivity index (χ2n) is 5.54. The molecule has 0 aliphatic heterocycles. The van der Waals surface area contributed by atoms with Crippen LogP contribution in [0.4, 0.5) is 4.39 Å². The summed E-state index contributed by atoms with van der Waals surface area (Å²) in [5.41, 5.74) is 2.67. The molecule has 1 atom stereocenters. The van der Waals surface area contributed by atoms with Crippen LogP contribution in [0.3, 0.4) is 0 Å². The van der Waals surface area contributed by atoms with Crippen molar-refractivity contribution < 1.29 is 4.39 Å². The number of aromatic nitrogens is 5. The van der Waals surface area contributed by atoms with Crippen molar-refractivity contribution in [3.63, 3.8) is 0 Å².